The first kappa shape index (κ1) is 14.4. The summed E-state index contributed by atoms with van der Waals surface area (Å²) in [5.74, 6) is 0.582. The van der Waals surface area contributed by atoms with E-state index in [1.165, 1.54) is 6.20 Å². The monoisotopic (exact) mass is 293 g/mol. The van der Waals surface area contributed by atoms with Crippen molar-refractivity contribution in [1.29, 1.82) is 0 Å². The summed E-state index contributed by atoms with van der Waals surface area (Å²) in [7, 11) is 1.63. The maximum absolute atomic E-state index is 11.7. The van der Waals surface area contributed by atoms with Crippen LogP contribution in [0.25, 0.3) is 0 Å². The zero-order valence-corrected chi connectivity index (χ0v) is 11.9. The summed E-state index contributed by atoms with van der Waals surface area (Å²) in [4.78, 5) is 12.2. The van der Waals surface area contributed by atoms with Crippen LogP contribution in [0.4, 0.5) is 0 Å². The minimum Gasteiger partial charge on any atom is -0.491 e. The van der Waals surface area contributed by atoms with Crippen LogP contribution in [0.2, 0.25) is 0 Å². The van der Waals surface area contributed by atoms with Gasteiger partial charge in [0.25, 0.3) is 5.91 Å². The van der Waals surface area contributed by atoms with Gasteiger partial charge in [-0.05, 0) is 29.2 Å². The van der Waals surface area contributed by atoms with Crippen LogP contribution in [0.5, 0.6) is 5.75 Å². The lowest BCUT2D eigenvalue weighted by atomic mass is 10.2. The number of carbonyl (C=O) groups excluding carboxylic acids is 1. The minimum absolute atomic E-state index is 0.175. The van der Waals surface area contributed by atoms with Gasteiger partial charge in [-0.15, -0.1) is 5.10 Å². The Morgan fingerprint density at radius 3 is 3.05 bits per heavy atom. The van der Waals surface area contributed by atoms with Gasteiger partial charge in [0, 0.05) is 13.7 Å². The van der Waals surface area contributed by atoms with Crippen LogP contribution < -0.4 is 10.1 Å². The van der Waals surface area contributed by atoms with Gasteiger partial charge in [0.1, 0.15) is 17.2 Å². The van der Waals surface area contributed by atoms with Crippen LogP contribution in [-0.2, 0) is 11.3 Å². The average Bonchev–Trinajstić information content (AvgIpc) is 3.00. The number of methoxy groups -OCH3 is 1. The average molecular weight is 293 g/mol. The molecule has 1 amide bonds. The van der Waals surface area contributed by atoms with Gasteiger partial charge in [0.15, 0.2) is 0 Å². The number of nitrogens with one attached hydrogen (secondary N) is 1. The number of rotatable bonds is 7. The molecule has 20 heavy (non-hydrogen) atoms. The fraction of sp³-hybridized carbons (Fsp3) is 0.308. The molecule has 0 radical (unpaired) electrons. The molecule has 6 nitrogen and oxygen atoms in total. The lowest BCUT2D eigenvalue weighted by molar-refractivity contribution is 0.0954. The summed E-state index contributed by atoms with van der Waals surface area (Å²) in [6, 6.07) is 7.57. The van der Waals surface area contributed by atoms with E-state index in [4.69, 9.17) is 9.47 Å². The Morgan fingerprint density at radius 2 is 2.30 bits per heavy atom. The third kappa shape index (κ3) is 4.29. The SMILES string of the molecule is COCCOc1cccc(CNC(=O)c2cnns2)c1. The van der Waals surface area contributed by atoms with Gasteiger partial charge in [-0.2, -0.15) is 0 Å². The van der Waals surface area contributed by atoms with E-state index in [1.54, 1.807) is 7.11 Å². The summed E-state index contributed by atoms with van der Waals surface area (Å²) < 4.78 is 14.1. The molecule has 2 aromatic rings. The molecule has 0 fully saturated rings. The van der Waals surface area contributed by atoms with Crippen LogP contribution in [-0.4, -0.2) is 35.8 Å². The number of aromatic nitrogens is 2. The highest BCUT2D eigenvalue weighted by molar-refractivity contribution is 7.07. The van der Waals surface area contributed by atoms with Crippen molar-refractivity contribution >= 4 is 17.4 Å². The number of ether oxygens (including phenoxy) is 2. The van der Waals surface area contributed by atoms with Crippen LogP contribution >= 0.6 is 11.5 Å². The molecule has 0 unspecified atom stereocenters. The number of hydrogen-bond acceptors (Lipinski definition) is 6. The highest BCUT2D eigenvalue weighted by Gasteiger charge is 2.07. The molecule has 0 bridgehead atoms. The first-order valence-electron chi connectivity index (χ1n) is 6.06. The minimum atomic E-state index is -0.175. The second-order valence-corrected chi connectivity index (χ2v) is 4.74. The molecule has 0 atom stereocenters. The molecule has 1 heterocycles. The summed E-state index contributed by atoms with van der Waals surface area (Å²) in [6.07, 6.45) is 1.45. The van der Waals surface area contributed by atoms with Crippen molar-refractivity contribution in [3.63, 3.8) is 0 Å². The molecular weight excluding hydrogens is 278 g/mol. The molecule has 0 saturated carbocycles. The molecule has 0 aliphatic rings. The smallest absolute Gasteiger partial charge is 0.264 e. The van der Waals surface area contributed by atoms with Gasteiger partial charge in [-0.25, -0.2) is 0 Å². The van der Waals surface area contributed by atoms with E-state index >= 15 is 0 Å². The van der Waals surface area contributed by atoms with E-state index in [0.29, 0.717) is 24.6 Å². The second-order valence-electron chi connectivity index (χ2n) is 3.95. The highest BCUT2D eigenvalue weighted by atomic mass is 32.1. The number of benzene rings is 1. The molecule has 2 rings (SSSR count). The zero-order valence-electron chi connectivity index (χ0n) is 11.0. The predicted octanol–water partition coefficient (Wildman–Crippen LogP) is 1.49. The lowest BCUT2D eigenvalue weighted by Crippen LogP contribution is -2.21. The summed E-state index contributed by atoms with van der Waals surface area (Å²) in [6.45, 7) is 1.47. The molecule has 7 heteroatoms. The van der Waals surface area contributed by atoms with E-state index in [9.17, 15) is 4.79 Å². The quantitative estimate of drug-likeness (QED) is 0.783. The highest BCUT2D eigenvalue weighted by Crippen LogP contribution is 2.13. The van der Waals surface area contributed by atoms with Crippen LogP contribution in [0.1, 0.15) is 15.2 Å². The third-order valence-corrected chi connectivity index (χ3v) is 3.16. The van der Waals surface area contributed by atoms with Gasteiger partial charge in [0.2, 0.25) is 0 Å². The molecule has 106 valence electrons. The second kappa shape index (κ2) is 7.56. The van der Waals surface area contributed by atoms with Crippen molar-refractivity contribution in [2.75, 3.05) is 20.3 Å². The maximum atomic E-state index is 11.7. The molecule has 0 spiro atoms. The van der Waals surface area contributed by atoms with Crippen molar-refractivity contribution in [3.05, 3.63) is 40.9 Å². The van der Waals surface area contributed by atoms with Crippen molar-refractivity contribution in [1.82, 2.24) is 14.9 Å². The molecule has 1 aromatic heterocycles. The Bertz CT molecular complexity index is 546. The topological polar surface area (TPSA) is 73.3 Å². The van der Waals surface area contributed by atoms with E-state index in [-0.39, 0.29) is 5.91 Å². The summed E-state index contributed by atoms with van der Waals surface area (Å²) in [5, 5.41) is 6.44. The third-order valence-electron chi connectivity index (χ3n) is 2.49. The van der Waals surface area contributed by atoms with E-state index in [0.717, 1.165) is 22.8 Å². The van der Waals surface area contributed by atoms with Crippen LogP contribution in [0.15, 0.2) is 30.5 Å². The van der Waals surface area contributed by atoms with Gasteiger partial charge >= 0.3 is 0 Å². The number of nitrogens with zero attached hydrogens (tertiary/aromatic N) is 2. The molecule has 0 aliphatic carbocycles. The Kier molecular flexibility index (Phi) is 5.45. The standard InChI is InChI=1S/C13H15N3O3S/c1-18-5-6-19-11-4-2-3-10(7-11)8-14-13(17)12-9-15-16-20-12/h2-4,7,9H,5-6,8H2,1H3,(H,14,17). The van der Waals surface area contributed by atoms with E-state index in [2.05, 4.69) is 14.9 Å². The Morgan fingerprint density at radius 1 is 1.40 bits per heavy atom. The molecule has 0 saturated heterocycles. The summed E-state index contributed by atoms with van der Waals surface area (Å²) in [5.41, 5.74) is 0.964. The number of amides is 1. The first-order valence-corrected chi connectivity index (χ1v) is 6.83. The van der Waals surface area contributed by atoms with Crippen molar-refractivity contribution < 1.29 is 14.3 Å². The van der Waals surface area contributed by atoms with Crippen molar-refractivity contribution in [2.45, 2.75) is 6.54 Å². The van der Waals surface area contributed by atoms with Crippen LogP contribution in [0.3, 0.4) is 0 Å². The fourth-order valence-electron chi connectivity index (χ4n) is 1.52. The van der Waals surface area contributed by atoms with Gasteiger partial charge in [-0.1, -0.05) is 16.6 Å². The summed E-state index contributed by atoms with van der Waals surface area (Å²) >= 11 is 1.07. The molecule has 1 aromatic carbocycles. The molecule has 0 aliphatic heterocycles. The largest absolute Gasteiger partial charge is 0.491 e. The van der Waals surface area contributed by atoms with Gasteiger partial charge in [0.05, 0.1) is 12.8 Å². The molecular formula is C13H15N3O3S. The van der Waals surface area contributed by atoms with E-state index in [1.807, 2.05) is 24.3 Å². The fourth-order valence-corrected chi connectivity index (χ4v) is 1.96. The van der Waals surface area contributed by atoms with E-state index < -0.39 is 0 Å². The zero-order chi connectivity index (χ0) is 14.2. The maximum Gasteiger partial charge on any atom is 0.264 e. The van der Waals surface area contributed by atoms with Crippen molar-refractivity contribution in [3.8, 4) is 5.75 Å². The lowest BCUT2D eigenvalue weighted by Gasteiger charge is -2.08. The number of hydrogen-bond donors (Lipinski definition) is 1. The Labute approximate surface area is 120 Å². The number of carbonyl (C=O) groups is 1. The Balaban J connectivity index is 1.86. The van der Waals surface area contributed by atoms with Gasteiger partial charge in [-0.3, -0.25) is 4.79 Å². The normalized spacial score (nSPS) is 10.2. The predicted molar refractivity (Wildman–Crippen MR) is 74.9 cm³/mol. The molecule has 1 N–H and O–H groups in total. The van der Waals surface area contributed by atoms with Crippen LogP contribution in [0, 0.1) is 0 Å². The van der Waals surface area contributed by atoms with Crippen molar-refractivity contribution in [2.24, 2.45) is 0 Å². The van der Waals surface area contributed by atoms with Gasteiger partial charge < -0.3 is 14.8 Å². The first-order chi connectivity index (χ1) is 9.79. The Hall–Kier alpha value is -1.99.